The van der Waals surface area contributed by atoms with Gasteiger partial charge in [0.2, 0.25) is 5.95 Å². The predicted molar refractivity (Wildman–Crippen MR) is 151 cm³/mol. The van der Waals surface area contributed by atoms with Crippen LogP contribution >= 0.6 is 11.6 Å². The van der Waals surface area contributed by atoms with Gasteiger partial charge in [-0.15, -0.1) is 0 Å². The van der Waals surface area contributed by atoms with E-state index in [1.165, 1.54) is 11.6 Å². The van der Waals surface area contributed by atoms with E-state index < -0.39 is 0 Å². The first-order valence-corrected chi connectivity index (χ1v) is 13.8. The predicted octanol–water partition coefficient (Wildman–Crippen LogP) is 2.25. The van der Waals surface area contributed by atoms with Crippen molar-refractivity contribution in [2.75, 3.05) is 64.5 Å². The lowest BCUT2D eigenvalue weighted by Gasteiger charge is -2.36. The molecule has 2 aromatic heterocycles. The van der Waals surface area contributed by atoms with Crippen LogP contribution < -0.4 is 20.5 Å². The molecule has 2 aliphatic rings. The third-order valence-electron chi connectivity index (χ3n) is 7.59. The van der Waals surface area contributed by atoms with E-state index >= 15 is 0 Å². The fourth-order valence-corrected chi connectivity index (χ4v) is 5.42. The number of anilines is 1. The number of likely N-dealkylation sites (N-methyl/N-ethyl adjacent to an activating group) is 1. The highest BCUT2D eigenvalue weighted by molar-refractivity contribution is 6.31. The van der Waals surface area contributed by atoms with Crippen LogP contribution in [0.15, 0.2) is 35.3 Å². The summed E-state index contributed by atoms with van der Waals surface area (Å²) in [5.41, 5.74) is 2.23. The number of hydrogen-bond donors (Lipinski definition) is 1. The molecule has 0 atom stereocenters. The molecule has 0 aliphatic carbocycles. The Morgan fingerprint density at radius 1 is 1.18 bits per heavy atom. The van der Waals surface area contributed by atoms with Crippen LogP contribution in [0.25, 0.3) is 10.9 Å². The number of rotatable bonds is 8. The fourth-order valence-electron chi connectivity index (χ4n) is 5.26. The van der Waals surface area contributed by atoms with Crippen LogP contribution in [0, 0.1) is 5.92 Å². The lowest BCUT2D eigenvalue weighted by Crippen LogP contribution is -2.43. The first-order chi connectivity index (χ1) is 18.9. The van der Waals surface area contributed by atoms with Crippen LogP contribution in [0.4, 0.5) is 5.95 Å². The smallest absolute Gasteiger partial charge is 0.293 e. The molecule has 1 aromatic carbocycles. The van der Waals surface area contributed by atoms with Gasteiger partial charge in [0.15, 0.2) is 12.4 Å². The number of amides is 1. The molecular weight excluding hydrogens is 520 g/mol. The number of aromatic nitrogens is 3. The van der Waals surface area contributed by atoms with Crippen LogP contribution in [-0.4, -0.2) is 84.9 Å². The van der Waals surface area contributed by atoms with Crippen molar-refractivity contribution in [1.82, 2.24) is 24.8 Å². The van der Waals surface area contributed by atoms with Crippen LogP contribution in [0.2, 0.25) is 5.02 Å². The molecular formula is C28H35ClN6O4. The summed E-state index contributed by atoms with van der Waals surface area (Å²) in [6.45, 7) is 6.50. The Bertz CT molecular complexity index is 1380. The van der Waals surface area contributed by atoms with E-state index in [1.54, 1.807) is 19.3 Å². The number of piperidine rings is 1. The number of hydrogen-bond acceptors (Lipinski definition) is 8. The fraction of sp³-hybridized carbons (Fsp3) is 0.500. The third-order valence-corrected chi connectivity index (χ3v) is 7.90. The molecule has 1 amide bonds. The third kappa shape index (κ3) is 6.51. The molecule has 2 fully saturated rings. The van der Waals surface area contributed by atoms with E-state index in [0.717, 1.165) is 80.9 Å². The Kier molecular flexibility index (Phi) is 8.64. The number of pyridine rings is 1. The monoisotopic (exact) mass is 554 g/mol. The Morgan fingerprint density at radius 3 is 2.69 bits per heavy atom. The average molecular weight is 555 g/mol. The Hall–Kier alpha value is -3.21. The highest BCUT2D eigenvalue weighted by Gasteiger charge is 2.24. The van der Waals surface area contributed by atoms with E-state index in [1.807, 2.05) is 18.2 Å². The van der Waals surface area contributed by atoms with Gasteiger partial charge in [0, 0.05) is 58.6 Å². The van der Waals surface area contributed by atoms with Gasteiger partial charge in [0.1, 0.15) is 0 Å². The second-order valence-electron chi connectivity index (χ2n) is 10.2. The van der Waals surface area contributed by atoms with Crippen LogP contribution in [0.1, 0.15) is 24.1 Å². The number of halogens is 1. The van der Waals surface area contributed by atoms with Gasteiger partial charge < -0.3 is 24.3 Å². The van der Waals surface area contributed by atoms with E-state index in [4.69, 9.17) is 26.1 Å². The normalized spacial score (nSPS) is 16.9. The minimum Gasteiger partial charge on any atom is -0.478 e. The quantitative estimate of drug-likeness (QED) is 0.452. The molecule has 3 aromatic rings. The maximum absolute atomic E-state index is 12.7. The minimum absolute atomic E-state index is 0.130. The number of aryl methyl sites for hydroxylation is 1. The van der Waals surface area contributed by atoms with Crippen LogP contribution in [0.3, 0.4) is 0 Å². The van der Waals surface area contributed by atoms with Gasteiger partial charge in [-0.1, -0.05) is 17.7 Å². The van der Waals surface area contributed by atoms with Crippen LogP contribution in [-0.2, 0) is 23.0 Å². The van der Waals surface area contributed by atoms with Gasteiger partial charge in [0.25, 0.3) is 11.5 Å². The molecule has 0 saturated carbocycles. The summed E-state index contributed by atoms with van der Waals surface area (Å²) in [4.78, 5) is 38.4. The van der Waals surface area contributed by atoms with E-state index in [9.17, 15) is 9.59 Å². The summed E-state index contributed by atoms with van der Waals surface area (Å²) in [6, 6.07) is 7.56. The van der Waals surface area contributed by atoms with Crippen molar-refractivity contribution < 1.29 is 14.3 Å². The summed E-state index contributed by atoms with van der Waals surface area (Å²) >= 11 is 6.53. The highest BCUT2D eigenvalue weighted by atomic mass is 35.5. The van der Waals surface area contributed by atoms with Crippen molar-refractivity contribution in [2.24, 2.45) is 13.0 Å². The van der Waals surface area contributed by atoms with Crippen LogP contribution in [0.5, 0.6) is 5.75 Å². The first kappa shape index (κ1) is 27.4. The van der Waals surface area contributed by atoms with Gasteiger partial charge in [-0.05, 0) is 42.5 Å². The zero-order chi connectivity index (χ0) is 27.4. The molecule has 1 N–H and O–H groups in total. The van der Waals surface area contributed by atoms with Gasteiger partial charge in [0.05, 0.1) is 35.6 Å². The van der Waals surface area contributed by atoms with E-state index in [2.05, 4.69) is 20.1 Å². The molecule has 208 valence electrons. The number of benzene rings is 1. The van der Waals surface area contributed by atoms with Gasteiger partial charge in [-0.2, -0.15) is 0 Å². The van der Waals surface area contributed by atoms with Crippen molar-refractivity contribution in [2.45, 2.75) is 19.3 Å². The van der Waals surface area contributed by atoms with E-state index in [0.29, 0.717) is 23.3 Å². The molecule has 0 unspecified atom stereocenters. The lowest BCUT2D eigenvalue weighted by atomic mass is 9.96. The first-order valence-electron chi connectivity index (χ1n) is 13.4. The summed E-state index contributed by atoms with van der Waals surface area (Å²) in [5, 5.41) is 3.84. The maximum atomic E-state index is 12.7. The molecule has 0 bridgehead atoms. The minimum atomic E-state index is -0.304. The van der Waals surface area contributed by atoms with Crippen molar-refractivity contribution >= 4 is 34.4 Å². The summed E-state index contributed by atoms with van der Waals surface area (Å²) in [5.74, 6) is 1.23. The van der Waals surface area contributed by atoms with Crippen molar-refractivity contribution in [3.63, 3.8) is 0 Å². The SMILES string of the molecule is CNC(=O)COc1cc2cc(Cc3nc(N4CCC(CN5CCOCC5)CC4)ncc3Cl)ccc2n(C)c1=O. The van der Waals surface area contributed by atoms with Crippen molar-refractivity contribution in [3.05, 3.63) is 57.1 Å². The van der Waals surface area contributed by atoms with Crippen molar-refractivity contribution in [3.8, 4) is 5.75 Å². The molecule has 0 spiro atoms. The zero-order valence-corrected chi connectivity index (χ0v) is 23.2. The van der Waals surface area contributed by atoms with Gasteiger partial charge in [-0.25, -0.2) is 9.97 Å². The molecule has 4 heterocycles. The number of ether oxygens (including phenoxy) is 2. The number of nitrogens with zero attached hydrogens (tertiary/aromatic N) is 5. The van der Waals surface area contributed by atoms with Gasteiger partial charge >= 0.3 is 0 Å². The number of morpholine rings is 1. The molecule has 2 aliphatic heterocycles. The summed E-state index contributed by atoms with van der Waals surface area (Å²) in [6.07, 6.45) is 4.45. The molecule has 0 radical (unpaired) electrons. The number of carbonyl (C=O) groups excluding carboxylic acids is 1. The molecule has 39 heavy (non-hydrogen) atoms. The summed E-state index contributed by atoms with van der Waals surface area (Å²) < 4.78 is 12.5. The molecule has 5 rings (SSSR count). The lowest BCUT2D eigenvalue weighted by molar-refractivity contribution is -0.122. The largest absolute Gasteiger partial charge is 0.478 e. The standard InChI is InChI=1S/C28H35ClN6O4/c1-30-26(36)18-39-25-15-21-13-20(3-4-24(21)33(2)27(25)37)14-23-22(29)16-31-28(32-23)35-7-5-19(6-8-35)17-34-9-11-38-12-10-34/h3-4,13,15-16,19H,5-12,14,17-18H2,1-2H3,(H,30,36). The van der Waals surface area contributed by atoms with Crippen molar-refractivity contribution in [1.29, 1.82) is 0 Å². The van der Waals surface area contributed by atoms with Gasteiger partial charge in [-0.3, -0.25) is 14.5 Å². The Balaban J connectivity index is 1.28. The van der Waals surface area contributed by atoms with E-state index in [-0.39, 0.29) is 23.8 Å². The maximum Gasteiger partial charge on any atom is 0.293 e. The Morgan fingerprint density at radius 2 is 1.95 bits per heavy atom. The molecule has 11 heteroatoms. The molecule has 2 saturated heterocycles. The highest BCUT2D eigenvalue weighted by Crippen LogP contribution is 2.26. The number of fused-ring (bicyclic) bond motifs is 1. The topological polar surface area (TPSA) is 102 Å². The zero-order valence-electron chi connectivity index (χ0n) is 22.5. The second-order valence-corrected chi connectivity index (χ2v) is 10.6. The number of nitrogens with one attached hydrogen (secondary N) is 1. The molecule has 10 nitrogen and oxygen atoms in total. The number of carbonyl (C=O) groups is 1. The summed E-state index contributed by atoms with van der Waals surface area (Å²) in [7, 11) is 3.21. The Labute approximate surface area is 232 Å². The average Bonchev–Trinajstić information content (AvgIpc) is 2.96. The second kappa shape index (κ2) is 12.3.